The molecule has 20 heavy (non-hydrogen) atoms. The molecule has 2 heterocycles. The van der Waals surface area contributed by atoms with Crippen LogP contribution in [0.3, 0.4) is 0 Å². The maximum absolute atomic E-state index is 12.5. The van der Waals surface area contributed by atoms with Crippen LogP contribution in [0.15, 0.2) is 15.2 Å². The van der Waals surface area contributed by atoms with E-state index in [9.17, 15) is 9.59 Å². The van der Waals surface area contributed by atoms with Crippen LogP contribution < -0.4 is 0 Å². The fraction of sp³-hybridized carbons (Fsp3) is 0.538. The molecular weight excluding hydrogens is 330 g/mol. The number of aliphatic carboxylic acids is 1. The molecule has 2 atom stereocenters. The number of halogens is 1. The average Bonchev–Trinajstić information content (AvgIpc) is 2.91. The standard InChI is InChI=1S/C13H16BrNO5/c1-7-3-10(14)20-12(7)13(18)15-6-9(19-2)4-8(15)5-11(16)17/h3,8-9H,4-6H2,1-2H3,(H,16,17). The van der Waals surface area contributed by atoms with Gasteiger partial charge in [0, 0.05) is 25.3 Å². The van der Waals surface area contributed by atoms with Crippen LogP contribution in [-0.4, -0.2) is 47.7 Å². The van der Waals surface area contributed by atoms with E-state index >= 15 is 0 Å². The van der Waals surface area contributed by atoms with Crippen LogP contribution in [0.4, 0.5) is 0 Å². The summed E-state index contributed by atoms with van der Waals surface area (Å²) in [6.07, 6.45) is 0.296. The SMILES string of the molecule is COC1CC(CC(=O)O)N(C(=O)c2oc(Br)cc2C)C1. The molecule has 1 fully saturated rings. The van der Waals surface area contributed by atoms with Crippen molar-refractivity contribution in [2.75, 3.05) is 13.7 Å². The van der Waals surface area contributed by atoms with E-state index in [1.165, 1.54) is 4.90 Å². The third-order valence-corrected chi connectivity index (χ3v) is 3.85. The van der Waals surface area contributed by atoms with Gasteiger partial charge in [-0.15, -0.1) is 0 Å². The van der Waals surface area contributed by atoms with Crippen molar-refractivity contribution < 1.29 is 23.8 Å². The Morgan fingerprint density at radius 2 is 2.30 bits per heavy atom. The molecule has 0 saturated carbocycles. The number of ether oxygens (including phenoxy) is 1. The molecule has 1 saturated heterocycles. The van der Waals surface area contributed by atoms with Crippen molar-refractivity contribution in [2.24, 2.45) is 0 Å². The van der Waals surface area contributed by atoms with Gasteiger partial charge in [-0.2, -0.15) is 0 Å². The topological polar surface area (TPSA) is 80.0 Å². The van der Waals surface area contributed by atoms with Crippen molar-refractivity contribution in [1.29, 1.82) is 0 Å². The molecule has 1 aromatic heterocycles. The van der Waals surface area contributed by atoms with E-state index in [2.05, 4.69) is 15.9 Å². The molecule has 2 unspecified atom stereocenters. The molecule has 0 aliphatic carbocycles. The van der Waals surface area contributed by atoms with Crippen LogP contribution in [0, 0.1) is 6.92 Å². The Bertz CT molecular complexity index is 527. The van der Waals surface area contributed by atoms with Crippen molar-refractivity contribution in [3.05, 3.63) is 22.1 Å². The Hall–Kier alpha value is -1.34. The van der Waals surface area contributed by atoms with Crippen LogP contribution in [0.5, 0.6) is 0 Å². The fourth-order valence-corrected chi connectivity index (χ4v) is 2.98. The van der Waals surface area contributed by atoms with Gasteiger partial charge in [0.1, 0.15) is 0 Å². The summed E-state index contributed by atoms with van der Waals surface area (Å²) >= 11 is 3.18. The lowest BCUT2D eigenvalue weighted by Gasteiger charge is -2.22. The highest BCUT2D eigenvalue weighted by Crippen LogP contribution is 2.27. The van der Waals surface area contributed by atoms with Gasteiger partial charge in [0.05, 0.1) is 12.5 Å². The predicted octanol–water partition coefficient (Wildman–Crippen LogP) is 2.05. The van der Waals surface area contributed by atoms with Crippen molar-refractivity contribution in [3.63, 3.8) is 0 Å². The van der Waals surface area contributed by atoms with Gasteiger partial charge in [0.25, 0.3) is 5.91 Å². The highest BCUT2D eigenvalue weighted by Gasteiger charge is 2.38. The zero-order valence-corrected chi connectivity index (χ0v) is 12.8. The maximum Gasteiger partial charge on any atom is 0.305 e. The number of aryl methyl sites for hydroxylation is 1. The second-order valence-corrected chi connectivity index (χ2v) is 5.65. The second kappa shape index (κ2) is 5.97. The van der Waals surface area contributed by atoms with Crippen molar-refractivity contribution in [1.82, 2.24) is 4.90 Å². The Labute approximate surface area is 124 Å². The number of carbonyl (C=O) groups excluding carboxylic acids is 1. The molecule has 1 aromatic rings. The van der Waals surface area contributed by atoms with Crippen LogP contribution in [0.25, 0.3) is 0 Å². The summed E-state index contributed by atoms with van der Waals surface area (Å²) in [6, 6.07) is 1.34. The number of carbonyl (C=O) groups is 2. The molecule has 1 N–H and O–H groups in total. The molecule has 1 amide bonds. The molecule has 1 aliphatic heterocycles. The first-order valence-corrected chi connectivity index (χ1v) is 7.03. The smallest absolute Gasteiger partial charge is 0.305 e. The van der Waals surface area contributed by atoms with Gasteiger partial charge in [-0.25, -0.2) is 0 Å². The van der Waals surface area contributed by atoms with E-state index < -0.39 is 5.97 Å². The Morgan fingerprint density at radius 3 is 2.80 bits per heavy atom. The minimum atomic E-state index is -0.929. The molecule has 0 aromatic carbocycles. The number of carboxylic acid groups (broad SMARTS) is 1. The molecule has 0 spiro atoms. The fourth-order valence-electron chi connectivity index (χ4n) is 2.47. The number of rotatable bonds is 4. The van der Waals surface area contributed by atoms with Gasteiger partial charge < -0.3 is 19.2 Å². The Morgan fingerprint density at radius 1 is 1.60 bits per heavy atom. The first-order valence-electron chi connectivity index (χ1n) is 6.23. The van der Waals surface area contributed by atoms with Crippen LogP contribution in [0.1, 0.15) is 29.0 Å². The predicted molar refractivity (Wildman–Crippen MR) is 73.6 cm³/mol. The Balaban J connectivity index is 2.21. The normalized spacial score (nSPS) is 22.2. The lowest BCUT2D eigenvalue weighted by atomic mass is 10.1. The molecule has 7 heteroatoms. The Kier molecular flexibility index (Phi) is 4.49. The number of hydrogen-bond donors (Lipinski definition) is 1. The number of furan rings is 1. The van der Waals surface area contributed by atoms with E-state index in [4.69, 9.17) is 14.3 Å². The van der Waals surface area contributed by atoms with Crippen LogP contribution >= 0.6 is 15.9 Å². The molecule has 0 radical (unpaired) electrons. The van der Waals surface area contributed by atoms with Gasteiger partial charge in [0.2, 0.25) is 0 Å². The zero-order valence-electron chi connectivity index (χ0n) is 11.3. The number of methoxy groups -OCH3 is 1. The summed E-state index contributed by atoms with van der Waals surface area (Å²) in [4.78, 5) is 24.9. The summed E-state index contributed by atoms with van der Waals surface area (Å²) in [5.41, 5.74) is 0.719. The van der Waals surface area contributed by atoms with E-state index in [1.807, 2.05) is 0 Å². The number of likely N-dealkylation sites (tertiary alicyclic amines) is 1. The minimum Gasteiger partial charge on any atom is -0.481 e. The zero-order chi connectivity index (χ0) is 14.9. The van der Waals surface area contributed by atoms with Gasteiger partial charge >= 0.3 is 5.97 Å². The van der Waals surface area contributed by atoms with Crippen molar-refractivity contribution in [2.45, 2.75) is 31.9 Å². The van der Waals surface area contributed by atoms with Crippen LogP contribution in [0.2, 0.25) is 0 Å². The third-order valence-electron chi connectivity index (χ3n) is 3.46. The number of hydrogen-bond acceptors (Lipinski definition) is 4. The third kappa shape index (κ3) is 3.04. The largest absolute Gasteiger partial charge is 0.481 e. The van der Waals surface area contributed by atoms with E-state index in [-0.39, 0.29) is 30.2 Å². The minimum absolute atomic E-state index is 0.0907. The second-order valence-electron chi connectivity index (χ2n) is 4.87. The summed E-state index contributed by atoms with van der Waals surface area (Å²) in [5.74, 6) is -0.982. The average molecular weight is 346 g/mol. The highest BCUT2D eigenvalue weighted by molar-refractivity contribution is 9.10. The van der Waals surface area contributed by atoms with Crippen LogP contribution in [-0.2, 0) is 9.53 Å². The highest BCUT2D eigenvalue weighted by atomic mass is 79.9. The molecule has 2 rings (SSSR count). The van der Waals surface area contributed by atoms with Gasteiger partial charge in [0.15, 0.2) is 10.4 Å². The number of nitrogens with zero attached hydrogens (tertiary/aromatic N) is 1. The summed E-state index contributed by atoms with van der Waals surface area (Å²) in [6.45, 7) is 2.16. The molecule has 0 bridgehead atoms. The van der Waals surface area contributed by atoms with E-state index in [0.29, 0.717) is 17.6 Å². The van der Waals surface area contributed by atoms with Crippen molar-refractivity contribution in [3.8, 4) is 0 Å². The molecule has 1 aliphatic rings. The molecular formula is C13H16BrNO5. The quantitative estimate of drug-likeness (QED) is 0.903. The summed E-state index contributed by atoms with van der Waals surface area (Å²) in [7, 11) is 1.56. The number of carboxylic acids is 1. The van der Waals surface area contributed by atoms with E-state index in [1.54, 1.807) is 20.1 Å². The summed E-state index contributed by atoms with van der Waals surface area (Å²) in [5, 5.41) is 8.95. The van der Waals surface area contributed by atoms with Crippen molar-refractivity contribution >= 4 is 27.8 Å². The first-order chi connectivity index (χ1) is 9.42. The molecule has 6 nitrogen and oxygen atoms in total. The monoisotopic (exact) mass is 345 g/mol. The lowest BCUT2D eigenvalue weighted by Crippen LogP contribution is -2.37. The lowest BCUT2D eigenvalue weighted by molar-refractivity contribution is -0.138. The first kappa shape index (κ1) is 15.1. The maximum atomic E-state index is 12.5. The molecule has 110 valence electrons. The summed E-state index contributed by atoms with van der Waals surface area (Å²) < 4.78 is 11.1. The van der Waals surface area contributed by atoms with Gasteiger partial charge in [-0.3, -0.25) is 9.59 Å². The number of amides is 1. The van der Waals surface area contributed by atoms with E-state index in [0.717, 1.165) is 5.56 Å². The van der Waals surface area contributed by atoms with Gasteiger partial charge in [-0.1, -0.05) is 0 Å². The van der Waals surface area contributed by atoms with Gasteiger partial charge in [-0.05, 0) is 35.3 Å².